The lowest BCUT2D eigenvalue weighted by Crippen LogP contribution is -2.47. The van der Waals surface area contributed by atoms with Gasteiger partial charge in [-0.15, -0.1) is 5.43 Å². The van der Waals surface area contributed by atoms with Crippen molar-refractivity contribution in [2.24, 2.45) is 0 Å². The Hall–Kier alpha value is -2.23. The van der Waals surface area contributed by atoms with Crippen molar-refractivity contribution in [3.63, 3.8) is 0 Å². The Balaban J connectivity index is 2.15. The summed E-state index contributed by atoms with van der Waals surface area (Å²) in [5, 5.41) is 0. The van der Waals surface area contributed by atoms with Gasteiger partial charge in [0, 0.05) is 17.7 Å². The van der Waals surface area contributed by atoms with Crippen LogP contribution in [0.15, 0.2) is 54.9 Å². The van der Waals surface area contributed by atoms with Gasteiger partial charge in [-0.05, 0) is 18.2 Å². The first-order valence-electron chi connectivity index (χ1n) is 4.79. The molecule has 0 bridgehead atoms. The number of rotatable bonds is 2. The van der Waals surface area contributed by atoms with Gasteiger partial charge in [0.15, 0.2) is 12.4 Å². The fourth-order valence-electron chi connectivity index (χ4n) is 1.28. The predicted octanol–water partition coefficient (Wildman–Crippen LogP) is 1.50. The van der Waals surface area contributed by atoms with Gasteiger partial charge in [-0.2, -0.15) is 0 Å². The van der Waals surface area contributed by atoms with Gasteiger partial charge in [-0.25, -0.2) is 4.39 Å². The zero-order chi connectivity index (χ0) is 11.4. The van der Waals surface area contributed by atoms with Crippen molar-refractivity contribution < 1.29 is 13.9 Å². The lowest BCUT2D eigenvalue weighted by Gasteiger charge is -1.99. The molecular formula is C12H10FN2O+. The SMILES string of the molecule is O=C(N[n+]1ccccc1)c1cccc(F)c1. The Morgan fingerprint density at radius 2 is 1.88 bits per heavy atom. The Morgan fingerprint density at radius 3 is 2.56 bits per heavy atom. The van der Waals surface area contributed by atoms with Gasteiger partial charge in [-0.1, -0.05) is 16.8 Å². The van der Waals surface area contributed by atoms with Crippen LogP contribution in [0.5, 0.6) is 0 Å². The third-order valence-corrected chi connectivity index (χ3v) is 2.03. The van der Waals surface area contributed by atoms with Crippen LogP contribution < -0.4 is 10.1 Å². The van der Waals surface area contributed by atoms with Crippen LogP contribution >= 0.6 is 0 Å². The number of carbonyl (C=O) groups excluding carboxylic acids is 1. The average molecular weight is 217 g/mol. The molecule has 4 heteroatoms. The van der Waals surface area contributed by atoms with E-state index >= 15 is 0 Å². The number of nitrogens with one attached hydrogen (secondary N) is 1. The molecule has 0 spiro atoms. The highest BCUT2D eigenvalue weighted by Crippen LogP contribution is 2.02. The Kier molecular flexibility index (Phi) is 2.91. The second-order valence-corrected chi connectivity index (χ2v) is 3.23. The largest absolute Gasteiger partial charge is 0.305 e. The molecule has 0 aliphatic rings. The number of hydrogen-bond donors (Lipinski definition) is 1. The number of amides is 1. The number of carbonyl (C=O) groups is 1. The van der Waals surface area contributed by atoms with Gasteiger partial charge >= 0.3 is 5.91 Å². The summed E-state index contributed by atoms with van der Waals surface area (Å²) in [6, 6.07) is 11.0. The minimum Gasteiger partial charge on any atom is -0.264 e. The van der Waals surface area contributed by atoms with Crippen molar-refractivity contribution in [2.75, 3.05) is 5.43 Å². The first kappa shape index (κ1) is 10.3. The minimum atomic E-state index is -0.425. The van der Waals surface area contributed by atoms with E-state index in [4.69, 9.17) is 0 Å². The molecule has 0 radical (unpaired) electrons. The van der Waals surface area contributed by atoms with Crippen molar-refractivity contribution in [1.82, 2.24) is 0 Å². The monoisotopic (exact) mass is 217 g/mol. The highest BCUT2D eigenvalue weighted by Gasteiger charge is 2.10. The normalized spacial score (nSPS) is 9.81. The molecule has 1 aromatic heterocycles. The number of aromatic nitrogens is 1. The summed E-state index contributed by atoms with van der Waals surface area (Å²) in [6.07, 6.45) is 3.38. The van der Waals surface area contributed by atoms with Crippen molar-refractivity contribution in [1.29, 1.82) is 0 Å². The Bertz CT molecular complexity index is 499. The summed E-state index contributed by atoms with van der Waals surface area (Å²) in [5.74, 6) is -0.776. The van der Waals surface area contributed by atoms with Gasteiger partial charge in [0.25, 0.3) is 0 Å². The van der Waals surface area contributed by atoms with E-state index in [1.54, 1.807) is 30.6 Å². The van der Waals surface area contributed by atoms with Crippen LogP contribution in [0.3, 0.4) is 0 Å². The summed E-state index contributed by atoms with van der Waals surface area (Å²) in [5.41, 5.74) is 2.88. The van der Waals surface area contributed by atoms with Crippen LogP contribution in [0, 0.1) is 5.82 Å². The first-order valence-corrected chi connectivity index (χ1v) is 4.79. The highest BCUT2D eigenvalue weighted by atomic mass is 19.1. The van der Waals surface area contributed by atoms with E-state index in [1.807, 2.05) is 6.07 Å². The van der Waals surface area contributed by atoms with Crippen LogP contribution in [-0.4, -0.2) is 5.91 Å². The predicted molar refractivity (Wildman–Crippen MR) is 56.7 cm³/mol. The van der Waals surface area contributed by atoms with Crippen molar-refractivity contribution >= 4 is 5.91 Å². The molecule has 0 atom stereocenters. The minimum absolute atomic E-state index is 0.288. The summed E-state index contributed by atoms with van der Waals surface area (Å²) in [6.45, 7) is 0. The van der Waals surface area contributed by atoms with E-state index in [0.717, 1.165) is 0 Å². The summed E-state index contributed by atoms with van der Waals surface area (Å²) >= 11 is 0. The molecular weight excluding hydrogens is 207 g/mol. The average Bonchev–Trinajstić information content (AvgIpc) is 2.30. The molecule has 0 unspecified atom stereocenters. The molecule has 2 rings (SSSR count). The van der Waals surface area contributed by atoms with Crippen LogP contribution in [0.4, 0.5) is 4.39 Å². The molecule has 1 N–H and O–H groups in total. The Morgan fingerprint density at radius 1 is 1.12 bits per heavy atom. The summed E-state index contributed by atoms with van der Waals surface area (Å²) in [4.78, 5) is 11.7. The molecule has 1 amide bonds. The third kappa shape index (κ3) is 2.42. The molecule has 0 aliphatic carbocycles. The second-order valence-electron chi connectivity index (χ2n) is 3.23. The second kappa shape index (κ2) is 4.53. The maximum atomic E-state index is 12.9. The van der Waals surface area contributed by atoms with E-state index in [1.165, 1.54) is 22.9 Å². The standard InChI is InChI=1S/C12H9FN2O/c13-11-6-4-5-10(9-11)12(16)14-15-7-2-1-3-8-15/h1-9H/p+1. The van der Waals surface area contributed by atoms with Gasteiger partial charge < -0.3 is 0 Å². The molecule has 1 aromatic carbocycles. The van der Waals surface area contributed by atoms with Crippen molar-refractivity contribution in [3.8, 4) is 0 Å². The number of nitrogens with zero attached hydrogens (tertiary/aromatic N) is 1. The van der Waals surface area contributed by atoms with Crippen molar-refractivity contribution in [3.05, 3.63) is 66.2 Å². The zero-order valence-corrected chi connectivity index (χ0v) is 8.43. The smallest absolute Gasteiger partial charge is 0.264 e. The molecule has 80 valence electrons. The molecule has 0 saturated heterocycles. The fourth-order valence-corrected chi connectivity index (χ4v) is 1.28. The number of benzene rings is 1. The lowest BCUT2D eigenvalue weighted by molar-refractivity contribution is -0.641. The van der Waals surface area contributed by atoms with E-state index in [-0.39, 0.29) is 11.5 Å². The van der Waals surface area contributed by atoms with Gasteiger partial charge in [0.05, 0.1) is 0 Å². The van der Waals surface area contributed by atoms with E-state index in [9.17, 15) is 9.18 Å². The topological polar surface area (TPSA) is 33.0 Å². The number of hydrogen-bond acceptors (Lipinski definition) is 1. The highest BCUT2D eigenvalue weighted by molar-refractivity contribution is 5.98. The number of halogens is 1. The molecule has 1 heterocycles. The van der Waals surface area contributed by atoms with E-state index < -0.39 is 5.82 Å². The molecule has 2 aromatic rings. The maximum Gasteiger partial charge on any atom is 0.305 e. The summed E-state index contributed by atoms with van der Waals surface area (Å²) in [7, 11) is 0. The van der Waals surface area contributed by atoms with Gasteiger partial charge in [-0.3, -0.25) is 4.79 Å². The quantitative estimate of drug-likeness (QED) is 0.760. The summed E-state index contributed by atoms with van der Waals surface area (Å²) < 4.78 is 14.4. The van der Waals surface area contributed by atoms with E-state index in [0.29, 0.717) is 0 Å². The molecule has 0 fully saturated rings. The molecule has 16 heavy (non-hydrogen) atoms. The Labute approximate surface area is 92.1 Å². The fraction of sp³-hybridized carbons (Fsp3) is 0. The lowest BCUT2D eigenvalue weighted by atomic mass is 10.2. The van der Waals surface area contributed by atoms with Crippen LogP contribution in [-0.2, 0) is 0 Å². The van der Waals surface area contributed by atoms with Crippen LogP contribution in [0.25, 0.3) is 0 Å². The number of pyridine rings is 1. The molecule has 0 saturated carbocycles. The van der Waals surface area contributed by atoms with Crippen LogP contribution in [0.1, 0.15) is 10.4 Å². The third-order valence-electron chi connectivity index (χ3n) is 2.03. The zero-order valence-electron chi connectivity index (χ0n) is 8.43. The van der Waals surface area contributed by atoms with E-state index in [2.05, 4.69) is 5.43 Å². The van der Waals surface area contributed by atoms with Gasteiger partial charge in [0.2, 0.25) is 0 Å². The maximum absolute atomic E-state index is 12.9. The molecule has 3 nitrogen and oxygen atoms in total. The van der Waals surface area contributed by atoms with Crippen molar-refractivity contribution in [2.45, 2.75) is 0 Å². The molecule has 0 aliphatic heterocycles. The van der Waals surface area contributed by atoms with Crippen LogP contribution in [0.2, 0.25) is 0 Å². The van der Waals surface area contributed by atoms with Gasteiger partial charge in [0.1, 0.15) is 5.82 Å². The first-order chi connectivity index (χ1) is 7.75.